The Bertz CT molecular complexity index is 330. The minimum atomic E-state index is -0.210. The van der Waals surface area contributed by atoms with Crippen molar-refractivity contribution < 1.29 is 0 Å². The Labute approximate surface area is 71.0 Å². The molecule has 0 amide bonds. The maximum Gasteiger partial charge on any atom is 0.347 e. The predicted octanol–water partition coefficient (Wildman–Crippen LogP) is -0.181. The summed E-state index contributed by atoms with van der Waals surface area (Å²) in [6.45, 7) is 4.69. The summed E-state index contributed by atoms with van der Waals surface area (Å²) in [7, 11) is 0. The van der Waals surface area contributed by atoms with Gasteiger partial charge < -0.3 is 5.73 Å². The van der Waals surface area contributed by atoms with E-state index in [0.29, 0.717) is 13.1 Å². The molecular formula is C8H13N3O. The third-order valence-corrected chi connectivity index (χ3v) is 1.70. The molecule has 2 N–H and O–H groups in total. The van der Waals surface area contributed by atoms with Crippen LogP contribution in [-0.2, 0) is 6.54 Å². The minimum absolute atomic E-state index is 0.210. The van der Waals surface area contributed by atoms with E-state index in [-0.39, 0.29) is 5.69 Å². The highest BCUT2D eigenvalue weighted by atomic mass is 16.1. The average molecular weight is 167 g/mol. The van der Waals surface area contributed by atoms with Crippen LogP contribution < -0.4 is 11.4 Å². The van der Waals surface area contributed by atoms with E-state index in [2.05, 4.69) is 4.98 Å². The molecule has 0 fully saturated rings. The van der Waals surface area contributed by atoms with Crippen LogP contribution in [-0.4, -0.2) is 16.1 Å². The topological polar surface area (TPSA) is 60.9 Å². The summed E-state index contributed by atoms with van der Waals surface area (Å²) in [5, 5.41) is 0. The number of hydrogen-bond acceptors (Lipinski definition) is 3. The first-order valence-electron chi connectivity index (χ1n) is 3.90. The Balaban J connectivity index is 3.19. The van der Waals surface area contributed by atoms with Gasteiger partial charge in [0.25, 0.3) is 0 Å². The molecule has 1 aromatic heterocycles. The van der Waals surface area contributed by atoms with Gasteiger partial charge in [0.05, 0.1) is 0 Å². The Morgan fingerprint density at radius 1 is 1.58 bits per heavy atom. The molecule has 1 aromatic rings. The Kier molecular flexibility index (Phi) is 2.60. The largest absolute Gasteiger partial charge is 0.347 e. The molecule has 0 aromatic carbocycles. The SMILES string of the molecule is Cc1cc(C)n(CCN)c(=O)n1. The van der Waals surface area contributed by atoms with Crippen LogP contribution in [0.2, 0.25) is 0 Å². The molecule has 0 atom stereocenters. The van der Waals surface area contributed by atoms with Gasteiger partial charge in [0.1, 0.15) is 0 Å². The minimum Gasteiger partial charge on any atom is -0.329 e. The van der Waals surface area contributed by atoms with E-state index in [1.165, 1.54) is 0 Å². The molecule has 1 rings (SSSR count). The molecule has 4 heteroatoms. The molecule has 0 saturated heterocycles. The summed E-state index contributed by atoms with van der Waals surface area (Å²) in [6, 6.07) is 1.87. The summed E-state index contributed by atoms with van der Waals surface area (Å²) >= 11 is 0. The molecule has 0 aliphatic rings. The highest BCUT2D eigenvalue weighted by molar-refractivity contribution is 5.06. The molecule has 1 heterocycles. The third-order valence-electron chi connectivity index (χ3n) is 1.70. The zero-order valence-electron chi connectivity index (χ0n) is 7.37. The van der Waals surface area contributed by atoms with Gasteiger partial charge in [-0.1, -0.05) is 0 Å². The monoisotopic (exact) mass is 167 g/mol. The van der Waals surface area contributed by atoms with E-state index in [1.807, 2.05) is 13.0 Å². The predicted molar refractivity (Wildman–Crippen MR) is 47.0 cm³/mol. The van der Waals surface area contributed by atoms with E-state index in [9.17, 15) is 4.79 Å². The lowest BCUT2D eigenvalue weighted by Gasteiger charge is -2.06. The van der Waals surface area contributed by atoms with Crippen LogP contribution in [0, 0.1) is 13.8 Å². The first-order valence-corrected chi connectivity index (χ1v) is 3.90. The second-order valence-corrected chi connectivity index (χ2v) is 2.76. The van der Waals surface area contributed by atoms with Crippen molar-refractivity contribution in [3.63, 3.8) is 0 Å². The van der Waals surface area contributed by atoms with Gasteiger partial charge in [0.2, 0.25) is 0 Å². The van der Waals surface area contributed by atoms with Crippen LogP contribution in [0.5, 0.6) is 0 Å². The fraction of sp³-hybridized carbons (Fsp3) is 0.500. The number of aryl methyl sites for hydroxylation is 2. The van der Waals surface area contributed by atoms with Crippen molar-refractivity contribution in [1.29, 1.82) is 0 Å². The summed E-state index contributed by atoms with van der Waals surface area (Å²) in [4.78, 5) is 15.1. The number of nitrogens with two attached hydrogens (primary N) is 1. The Morgan fingerprint density at radius 3 is 2.75 bits per heavy atom. The van der Waals surface area contributed by atoms with E-state index in [1.54, 1.807) is 11.5 Å². The van der Waals surface area contributed by atoms with E-state index in [4.69, 9.17) is 5.73 Å². The summed E-state index contributed by atoms with van der Waals surface area (Å²) in [5.74, 6) is 0. The quantitative estimate of drug-likeness (QED) is 0.664. The van der Waals surface area contributed by atoms with Crippen LogP contribution in [0.15, 0.2) is 10.9 Å². The van der Waals surface area contributed by atoms with Crippen LogP contribution in [0.1, 0.15) is 11.4 Å². The van der Waals surface area contributed by atoms with Crippen LogP contribution in [0.4, 0.5) is 0 Å². The van der Waals surface area contributed by atoms with E-state index in [0.717, 1.165) is 11.4 Å². The maximum absolute atomic E-state index is 11.2. The van der Waals surface area contributed by atoms with Crippen molar-refractivity contribution in [3.05, 3.63) is 27.9 Å². The zero-order chi connectivity index (χ0) is 9.14. The van der Waals surface area contributed by atoms with Crippen LogP contribution >= 0.6 is 0 Å². The van der Waals surface area contributed by atoms with Crippen LogP contribution in [0.25, 0.3) is 0 Å². The van der Waals surface area contributed by atoms with Gasteiger partial charge in [0.15, 0.2) is 0 Å². The van der Waals surface area contributed by atoms with E-state index >= 15 is 0 Å². The fourth-order valence-corrected chi connectivity index (χ4v) is 1.18. The molecule has 0 radical (unpaired) electrons. The lowest BCUT2D eigenvalue weighted by Crippen LogP contribution is -2.28. The lowest BCUT2D eigenvalue weighted by atomic mass is 10.3. The van der Waals surface area contributed by atoms with Crippen molar-refractivity contribution in [2.45, 2.75) is 20.4 Å². The standard InChI is InChI=1S/C8H13N3O/c1-6-5-7(2)11(4-3-9)8(12)10-6/h5H,3-4,9H2,1-2H3. The molecule has 0 saturated carbocycles. The fourth-order valence-electron chi connectivity index (χ4n) is 1.18. The molecule has 12 heavy (non-hydrogen) atoms. The summed E-state index contributed by atoms with van der Waals surface area (Å²) < 4.78 is 1.58. The van der Waals surface area contributed by atoms with Gasteiger partial charge in [0, 0.05) is 24.5 Å². The zero-order valence-corrected chi connectivity index (χ0v) is 7.37. The molecule has 0 unspecified atom stereocenters. The molecule has 66 valence electrons. The molecule has 4 nitrogen and oxygen atoms in total. The highest BCUT2D eigenvalue weighted by Crippen LogP contribution is 1.95. The van der Waals surface area contributed by atoms with Gasteiger partial charge in [-0.3, -0.25) is 4.57 Å². The molecule has 0 bridgehead atoms. The first kappa shape index (κ1) is 8.93. The Morgan fingerprint density at radius 2 is 2.25 bits per heavy atom. The molecule has 0 spiro atoms. The van der Waals surface area contributed by atoms with Crippen molar-refractivity contribution in [2.75, 3.05) is 6.54 Å². The third kappa shape index (κ3) is 1.71. The van der Waals surface area contributed by atoms with E-state index < -0.39 is 0 Å². The van der Waals surface area contributed by atoms with Crippen LogP contribution in [0.3, 0.4) is 0 Å². The number of hydrogen-bond donors (Lipinski definition) is 1. The normalized spacial score (nSPS) is 10.2. The smallest absolute Gasteiger partial charge is 0.329 e. The number of rotatable bonds is 2. The number of aromatic nitrogens is 2. The average Bonchev–Trinajstić information content (AvgIpc) is 1.96. The second-order valence-electron chi connectivity index (χ2n) is 2.76. The maximum atomic E-state index is 11.2. The van der Waals surface area contributed by atoms with Gasteiger partial charge in [-0.15, -0.1) is 0 Å². The van der Waals surface area contributed by atoms with Gasteiger partial charge in [-0.05, 0) is 19.9 Å². The summed E-state index contributed by atoms with van der Waals surface area (Å²) in [6.07, 6.45) is 0. The highest BCUT2D eigenvalue weighted by Gasteiger charge is 2.00. The van der Waals surface area contributed by atoms with Gasteiger partial charge in [-0.25, -0.2) is 4.79 Å². The molecule has 0 aliphatic heterocycles. The first-order chi connectivity index (χ1) is 5.65. The van der Waals surface area contributed by atoms with Gasteiger partial charge >= 0.3 is 5.69 Å². The molecular weight excluding hydrogens is 154 g/mol. The lowest BCUT2D eigenvalue weighted by molar-refractivity contribution is 0.635. The molecule has 0 aliphatic carbocycles. The summed E-state index contributed by atoms with van der Waals surface area (Å²) in [5.41, 5.74) is 6.81. The van der Waals surface area contributed by atoms with Gasteiger partial charge in [-0.2, -0.15) is 4.98 Å². The van der Waals surface area contributed by atoms with Crippen molar-refractivity contribution >= 4 is 0 Å². The Hall–Kier alpha value is -1.16. The van der Waals surface area contributed by atoms with Crippen molar-refractivity contribution in [3.8, 4) is 0 Å². The van der Waals surface area contributed by atoms with Crippen molar-refractivity contribution in [2.24, 2.45) is 5.73 Å². The van der Waals surface area contributed by atoms with Crippen molar-refractivity contribution in [1.82, 2.24) is 9.55 Å². The number of nitrogens with zero attached hydrogens (tertiary/aromatic N) is 2. The second kappa shape index (κ2) is 3.49.